The third-order valence-corrected chi connectivity index (χ3v) is 5.52. The predicted octanol–water partition coefficient (Wildman–Crippen LogP) is 2.60. The second-order valence-corrected chi connectivity index (χ2v) is 6.60. The number of nitrogens with zero attached hydrogens (tertiary/aromatic N) is 1. The molecule has 4 rings (SSSR count). The average molecular weight is 272 g/mol. The van der Waals surface area contributed by atoms with E-state index < -0.39 is 0 Å². The molecule has 0 spiro atoms. The fraction of sp³-hybridized carbons (Fsp3) is 0.647. The molecule has 3 nitrogen and oxygen atoms in total. The summed E-state index contributed by atoms with van der Waals surface area (Å²) >= 11 is 0. The van der Waals surface area contributed by atoms with Crippen LogP contribution < -0.4 is 5.32 Å². The standard InChI is InChI=1S/C17H24N2O/c20-17-6-3-4-12-13(17)7-8-14(12)18-15-9-11-19-10-2-1-5-16(15)19/h3-4,6,14-16,18,20H,1-2,5,7-11H2. The van der Waals surface area contributed by atoms with Crippen LogP contribution in [0.2, 0.25) is 0 Å². The molecule has 2 heterocycles. The molecule has 108 valence electrons. The first kappa shape index (κ1) is 12.7. The summed E-state index contributed by atoms with van der Waals surface area (Å²) in [5, 5.41) is 13.9. The number of aromatic hydroxyl groups is 1. The van der Waals surface area contributed by atoms with E-state index in [4.69, 9.17) is 0 Å². The molecule has 2 saturated heterocycles. The van der Waals surface area contributed by atoms with Gasteiger partial charge in [0.25, 0.3) is 0 Å². The average Bonchev–Trinajstić information content (AvgIpc) is 3.06. The van der Waals surface area contributed by atoms with Crippen molar-refractivity contribution in [1.82, 2.24) is 10.2 Å². The Morgan fingerprint density at radius 1 is 1.10 bits per heavy atom. The molecular weight excluding hydrogens is 248 g/mol. The van der Waals surface area contributed by atoms with E-state index in [1.807, 2.05) is 12.1 Å². The highest BCUT2D eigenvalue weighted by Gasteiger charge is 2.37. The van der Waals surface area contributed by atoms with Crippen LogP contribution >= 0.6 is 0 Å². The van der Waals surface area contributed by atoms with Crippen LogP contribution in [0.15, 0.2) is 18.2 Å². The van der Waals surface area contributed by atoms with Crippen molar-refractivity contribution in [3.63, 3.8) is 0 Å². The van der Waals surface area contributed by atoms with Crippen molar-refractivity contribution in [3.05, 3.63) is 29.3 Å². The smallest absolute Gasteiger partial charge is 0.119 e. The molecule has 2 aliphatic heterocycles. The fourth-order valence-electron chi connectivity index (χ4n) is 4.51. The molecule has 2 N–H and O–H groups in total. The Kier molecular flexibility index (Phi) is 3.20. The highest BCUT2D eigenvalue weighted by atomic mass is 16.3. The molecule has 0 saturated carbocycles. The number of hydrogen-bond donors (Lipinski definition) is 2. The minimum atomic E-state index is 0.448. The van der Waals surface area contributed by atoms with Crippen molar-refractivity contribution in [3.8, 4) is 5.75 Å². The zero-order chi connectivity index (χ0) is 13.5. The van der Waals surface area contributed by atoms with Crippen LogP contribution in [0.5, 0.6) is 5.75 Å². The van der Waals surface area contributed by atoms with Gasteiger partial charge in [0, 0.05) is 24.7 Å². The minimum Gasteiger partial charge on any atom is -0.508 e. The fourth-order valence-corrected chi connectivity index (χ4v) is 4.51. The minimum absolute atomic E-state index is 0.448. The van der Waals surface area contributed by atoms with Crippen molar-refractivity contribution in [1.29, 1.82) is 0 Å². The Morgan fingerprint density at radius 3 is 3.00 bits per heavy atom. The summed E-state index contributed by atoms with van der Waals surface area (Å²) in [6.45, 7) is 2.56. The summed E-state index contributed by atoms with van der Waals surface area (Å²) in [6.07, 6.45) is 7.56. The quantitative estimate of drug-likeness (QED) is 0.868. The molecule has 2 fully saturated rings. The van der Waals surface area contributed by atoms with Gasteiger partial charge in [0.1, 0.15) is 5.75 Å². The van der Waals surface area contributed by atoms with E-state index in [0.29, 0.717) is 17.8 Å². The number of rotatable bonds is 2. The maximum absolute atomic E-state index is 9.96. The third-order valence-electron chi connectivity index (χ3n) is 5.52. The van der Waals surface area contributed by atoms with Crippen molar-refractivity contribution in [2.45, 2.75) is 56.7 Å². The van der Waals surface area contributed by atoms with E-state index >= 15 is 0 Å². The number of benzene rings is 1. The number of phenolic OH excluding ortho intramolecular Hbond substituents is 1. The van der Waals surface area contributed by atoms with Gasteiger partial charge in [-0.3, -0.25) is 4.90 Å². The molecule has 3 heteroatoms. The lowest BCUT2D eigenvalue weighted by molar-refractivity contribution is 0.176. The summed E-state index contributed by atoms with van der Waals surface area (Å²) in [5.74, 6) is 0.484. The highest BCUT2D eigenvalue weighted by molar-refractivity contribution is 5.44. The second kappa shape index (κ2) is 5.05. The molecule has 3 aliphatic rings. The van der Waals surface area contributed by atoms with Gasteiger partial charge in [-0.1, -0.05) is 18.6 Å². The first-order chi connectivity index (χ1) is 9.83. The largest absolute Gasteiger partial charge is 0.508 e. The molecule has 1 aromatic rings. The Balaban J connectivity index is 1.50. The van der Waals surface area contributed by atoms with Gasteiger partial charge >= 0.3 is 0 Å². The maximum atomic E-state index is 9.96. The van der Waals surface area contributed by atoms with Crippen molar-refractivity contribution in [2.24, 2.45) is 0 Å². The lowest BCUT2D eigenvalue weighted by atomic mass is 9.97. The van der Waals surface area contributed by atoms with Gasteiger partial charge in [-0.15, -0.1) is 0 Å². The lowest BCUT2D eigenvalue weighted by Gasteiger charge is -2.34. The van der Waals surface area contributed by atoms with Crippen LogP contribution in [0.25, 0.3) is 0 Å². The molecule has 3 unspecified atom stereocenters. The van der Waals surface area contributed by atoms with E-state index in [9.17, 15) is 5.11 Å². The van der Waals surface area contributed by atoms with Gasteiger partial charge in [0.05, 0.1) is 0 Å². The molecule has 0 amide bonds. The van der Waals surface area contributed by atoms with Crippen LogP contribution in [-0.2, 0) is 6.42 Å². The van der Waals surface area contributed by atoms with E-state index in [2.05, 4.69) is 16.3 Å². The number of nitrogens with one attached hydrogen (secondary N) is 1. The Morgan fingerprint density at radius 2 is 2.05 bits per heavy atom. The van der Waals surface area contributed by atoms with Crippen LogP contribution in [0.1, 0.15) is 49.3 Å². The normalized spacial score (nSPS) is 33.1. The van der Waals surface area contributed by atoms with Crippen molar-refractivity contribution < 1.29 is 5.11 Å². The first-order valence-electron chi connectivity index (χ1n) is 8.14. The topological polar surface area (TPSA) is 35.5 Å². The Hall–Kier alpha value is -1.06. The van der Waals surface area contributed by atoms with Gasteiger partial charge in [0.15, 0.2) is 0 Å². The van der Waals surface area contributed by atoms with E-state index in [1.165, 1.54) is 49.9 Å². The molecule has 0 bridgehead atoms. The van der Waals surface area contributed by atoms with Gasteiger partial charge in [-0.2, -0.15) is 0 Å². The lowest BCUT2D eigenvalue weighted by Crippen LogP contribution is -2.45. The van der Waals surface area contributed by atoms with Crippen LogP contribution in [0.4, 0.5) is 0 Å². The van der Waals surface area contributed by atoms with E-state index in [0.717, 1.165) is 18.9 Å². The van der Waals surface area contributed by atoms with E-state index in [1.54, 1.807) is 0 Å². The van der Waals surface area contributed by atoms with Crippen LogP contribution in [0, 0.1) is 0 Å². The summed E-state index contributed by atoms with van der Waals surface area (Å²) < 4.78 is 0. The summed E-state index contributed by atoms with van der Waals surface area (Å²) in [4.78, 5) is 2.68. The predicted molar refractivity (Wildman–Crippen MR) is 79.9 cm³/mol. The molecule has 20 heavy (non-hydrogen) atoms. The number of hydrogen-bond acceptors (Lipinski definition) is 3. The molecule has 0 aromatic heterocycles. The molecule has 3 atom stereocenters. The highest BCUT2D eigenvalue weighted by Crippen LogP contribution is 2.38. The SMILES string of the molecule is Oc1cccc2c1CCC2NC1CCN2CCCCC12. The number of fused-ring (bicyclic) bond motifs is 2. The number of piperidine rings is 1. The van der Waals surface area contributed by atoms with Gasteiger partial charge < -0.3 is 10.4 Å². The molecular formula is C17H24N2O. The first-order valence-corrected chi connectivity index (χ1v) is 8.14. The van der Waals surface area contributed by atoms with E-state index in [-0.39, 0.29) is 0 Å². The molecule has 1 aromatic carbocycles. The number of phenols is 1. The molecule has 0 radical (unpaired) electrons. The maximum Gasteiger partial charge on any atom is 0.119 e. The summed E-state index contributed by atoms with van der Waals surface area (Å²) in [6, 6.07) is 7.84. The second-order valence-electron chi connectivity index (χ2n) is 6.60. The third kappa shape index (κ3) is 2.04. The van der Waals surface area contributed by atoms with Crippen molar-refractivity contribution >= 4 is 0 Å². The zero-order valence-corrected chi connectivity index (χ0v) is 12.0. The van der Waals surface area contributed by atoms with Gasteiger partial charge in [-0.25, -0.2) is 0 Å². The molecule has 1 aliphatic carbocycles. The summed E-state index contributed by atoms with van der Waals surface area (Å²) in [7, 11) is 0. The van der Waals surface area contributed by atoms with Crippen LogP contribution in [-0.4, -0.2) is 35.2 Å². The van der Waals surface area contributed by atoms with Gasteiger partial charge in [0.2, 0.25) is 0 Å². The van der Waals surface area contributed by atoms with Crippen LogP contribution in [0.3, 0.4) is 0 Å². The Labute approximate surface area is 121 Å². The monoisotopic (exact) mass is 272 g/mol. The summed E-state index contributed by atoms with van der Waals surface area (Å²) in [5.41, 5.74) is 2.50. The Bertz CT molecular complexity index is 502. The van der Waals surface area contributed by atoms with Crippen molar-refractivity contribution in [2.75, 3.05) is 13.1 Å². The zero-order valence-electron chi connectivity index (χ0n) is 12.0. The van der Waals surface area contributed by atoms with Gasteiger partial charge in [-0.05, 0) is 55.8 Å².